The predicted molar refractivity (Wildman–Crippen MR) is 217 cm³/mol. The second-order valence-corrected chi connectivity index (χ2v) is 13.8. The summed E-state index contributed by atoms with van der Waals surface area (Å²) in [4.78, 5) is 25.4. The topological polar surface area (TPSA) is 61.8 Å². The molecule has 282 valence electrons. The summed E-state index contributed by atoms with van der Waals surface area (Å²) in [5.41, 5.74) is 2.22. The van der Waals surface area contributed by atoms with Crippen LogP contribution < -0.4 is 14.2 Å². The van der Waals surface area contributed by atoms with Crippen LogP contribution in [0, 0.1) is 0 Å². The molecule has 0 saturated heterocycles. The molecule has 0 atom stereocenters. The van der Waals surface area contributed by atoms with E-state index in [-0.39, 0.29) is 5.78 Å². The number of hydrogen-bond acceptors (Lipinski definition) is 5. The lowest BCUT2D eigenvalue weighted by Gasteiger charge is -2.07. The van der Waals surface area contributed by atoms with Crippen LogP contribution in [0.5, 0.6) is 17.2 Å². The fourth-order valence-corrected chi connectivity index (χ4v) is 6.03. The highest BCUT2D eigenvalue weighted by atomic mass is 16.5. The number of benzene rings is 3. The zero-order valence-corrected chi connectivity index (χ0v) is 32.1. The molecule has 52 heavy (non-hydrogen) atoms. The van der Waals surface area contributed by atoms with Gasteiger partial charge in [0, 0.05) is 11.6 Å². The van der Waals surface area contributed by atoms with Crippen LogP contribution in [-0.2, 0) is 4.79 Å². The summed E-state index contributed by atoms with van der Waals surface area (Å²) in [6.45, 7) is 5.93. The monoisotopic (exact) mass is 708 g/mol. The third-order valence-electron chi connectivity index (χ3n) is 9.22. The second-order valence-electron chi connectivity index (χ2n) is 13.8. The molecule has 0 bridgehead atoms. The Morgan fingerprint density at radius 2 is 0.904 bits per heavy atom. The van der Waals surface area contributed by atoms with Crippen LogP contribution in [0.15, 0.2) is 84.9 Å². The van der Waals surface area contributed by atoms with Crippen LogP contribution in [0.4, 0.5) is 0 Å². The van der Waals surface area contributed by atoms with Crippen molar-refractivity contribution in [2.45, 2.75) is 136 Å². The first-order valence-corrected chi connectivity index (χ1v) is 20.3. The van der Waals surface area contributed by atoms with Gasteiger partial charge in [-0.05, 0) is 72.5 Å². The average Bonchev–Trinajstić information content (AvgIpc) is 3.17. The van der Waals surface area contributed by atoms with Gasteiger partial charge in [-0.25, -0.2) is 4.79 Å². The van der Waals surface area contributed by atoms with E-state index >= 15 is 0 Å². The molecule has 0 N–H and O–H groups in total. The molecule has 0 unspecified atom stereocenters. The maximum Gasteiger partial charge on any atom is 0.336 e. The second kappa shape index (κ2) is 27.5. The summed E-state index contributed by atoms with van der Waals surface area (Å²) in [7, 11) is 0. The SMILES string of the molecule is CCCCCCCCCCCCCCCCOc1ccc(/C=C/C(=O)Oc2cccc(C(=O)/C=C/c3ccc(OCCCCCCC)cc3)c2)cc1. The summed E-state index contributed by atoms with van der Waals surface area (Å²) < 4.78 is 17.2. The Labute approximate surface area is 314 Å². The number of hydrogen-bond donors (Lipinski definition) is 0. The number of unbranched alkanes of at least 4 members (excludes halogenated alkanes) is 17. The lowest BCUT2D eigenvalue weighted by atomic mass is 10.0. The van der Waals surface area contributed by atoms with Crippen molar-refractivity contribution in [3.05, 3.63) is 102 Å². The Morgan fingerprint density at radius 3 is 1.37 bits per heavy atom. The van der Waals surface area contributed by atoms with Crippen molar-refractivity contribution >= 4 is 23.9 Å². The summed E-state index contributed by atoms with van der Waals surface area (Å²) in [6, 6.07) is 22.1. The molecule has 0 heterocycles. The summed E-state index contributed by atoms with van der Waals surface area (Å²) >= 11 is 0. The van der Waals surface area contributed by atoms with Crippen LogP contribution in [-0.4, -0.2) is 25.0 Å². The molecule has 0 spiro atoms. The molecule has 0 aliphatic rings. The van der Waals surface area contributed by atoms with Gasteiger partial charge in [-0.15, -0.1) is 0 Å². The molecule has 0 aromatic heterocycles. The highest BCUT2D eigenvalue weighted by Gasteiger charge is 2.07. The molecule has 3 aromatic carbocycles. The van der Waals surface area contributed by atoms with Gasteiger partial charge in [-0.3, -0.25) is 4.79 Å². The first kappa shape index (κ1) is 42.3. The molecular formula is C47H64O5. The van der Waals surface area contributed by atoms with Crippen LogP contribution in [0.1, 0.15) is 157 Å². The van der Waals surface area contributed by atoms with E-state index in [1.807, 2.05) is 48.5 Å². The molecule has 0 amide bonds. The molecule has 0 radical (unpaired) electrons. The van der Waals surface area contributed by atoms with Gasteiger partial charge < -0.3 is 14.2 Å². The molecular weight excluding hydrogens is 645 g/mol. The van der Waals surface area contributed by atoms with Crippen molar-refractivity contribution in [3.8, 4) is 17.2 Å². The minimum atomic E-state index is -0.512. The van der Waals surface area contributed by atoms with Crippen LogP contribution in [0.2, 0.25) is 0 Å². The molecule has 3 rings (SSSR count). The fourth-order valence-electron chi connectivity index (χ4n) is 6.03. The van der Waals surface area contributed by atoms with Gasteiger partial charge in [-0.1, -0.05) is 165 Å². The van der Waals surface area contributed by atoms with Crippen molar-refractivity contribution in [3.63, 3.8) is 0 Å². The number of ketones is 1. The maximum atomic E-state index is 12.8. The fraction of sp³-hybridized carbons (Fsp3) is 0.489. The minimum absolute atomic E-state index is 0.174. The van der Waals surface area contributed by atoms with E-state index in [0.29, 0.717) is 11.3 Å². The highest BCUT2D eigenvalue weighted by molar-refractivity contribution is 6.07. The summed E-state index contributed by atoms with van der Waals surface area (Å²) in [5.74, 6) is 1.30. The average molecular weight is 709 g/mol. The molecule has 3 aromatic rings. The van der Waals surface area contributed by atoms with Crippen molar-refractivity contribution in [2.24, 2.45) is 0 Å². The zero-order valence-electron chi connectivity index (χ0n) is 32.1. The van der Waals surface area contributed by atoms with Gasteiger partial charge in [0.25, 0.3) is 0 Å². The van der Waals surface area contributed by atoms with Gasteiger partial charge in [0.15, 0.2) is 5.78 Å². The van der Waals surface area contributed by atoms with Crippen molar-refractivity contribution in [1.29, 1.82) is 0 Å². The number of ether oxygens (including phenoxy) is 3. The Kier molecular flexibility index (Phi) is 22.4. The molecule has 0 fully saturated rings. The van der Waals surface area contributed by atoms with Gasteiger partial charge >= 0.3 is 5.97 Å². The zero-order chi connectivity index (χ0) is 36.9. The van der Waals surface area contributed by atoms with Crippen LogP contribution in [0.25, 0.3) is 12.2 Å². The van der Waals surface area contributed by atoms with E-state index in [4.69, 9.17) is 14.2 Å². The number of rotatable bonds is 29. The number of allylic oxidation sites excluding steroid dienone is 1. The Hall–Kier alpha value is -4.12. The van der Waals surface area contributed by atoms with E-state index in [0.717, 1.165) is 48.7 Å². The molecule has 0 aliphatic heterocycles. The molecule has 5 nitrogen and oxygen atoms in total. The number of esters is 1. The number of carbonyl (C=O) groups is 2. The van der Waals surface area contributed by atoms with Gasteiger partial charge in [-0.2, -0.15) is 0 Å². The van der Waals surface area contributed by atoms with Gasteiger partial charge in [0.05, 0.1) is 13.2 Å². The smallest absolute Gasteiger partial charge is 0.336 e. The van der Waals surface area contributed by atoms with Crippen LogP contribution in [0.3, 0.4) is 0 Å². The van der Waals surface area contributed by atoms with Crippen molar-refractivity contribution < 1.29 is 23.8 Å². The molecule has 0 aliphatic carbocycles. The van der Waals surface area contributed by atoms with Crippen molar-refractivity contribution in [2.75, 3.05) is 13.2 Å². The highest BCUT2D eigenvalue weighted by Crippen LogP contribution is 2.19. The van der Waals surface area contributed by atoms with Gasteiger partial charge in [0.1, 0.15) is 17.2 Å². The van der Waals surface area contributed by atoms with Gasteiger partial charge in [0.2, 0.25) is 0 Å². The van der Waals surface area contributed by atoms with E-state index in [1.165, 1.54) is 121 Å². The lowest BCUT2D eigenvalue weighted by molar-refractivity contribution is -0.128. The summed E-state index contributed by atoms with van der Waals surface area (Å²) in [5, 5.41) is 0. The standard InChI is InChI=1S/C47H64O5/c1-3-5-7-9-10-11-12-13-14-15-16-17-19-21-38-51-44-33-27-41(28-34-44)30-36-47(49)52-45-24-22-23-42(39-45)46(48)35-29-40-25-31-43(32-26-40)50-37-20-18-8-6-4-2/h22-36,39H,3-21,37-38H2,1-2H3/b35-29+,36-30+. The van der Waals surface area contributed by atoms with E-state index in [2.05, 4.69) is 13.8 Å². The quantitative estimate of drug-likeness (QED) is 0.0236. The van der Waals surface area contributed by atoms with Crippen molar-refractivity contribution in [1.82, 2.24) is 0 Å². The molecule has 5 heteroatoms. The minimum Gasteiger partial charge on any atom is -0.494 e. The molecule has 0 saturated carbocycles. The third-order valence-corrected chi connectivity index (χ3v) is 9.22. The lowest BCUT2D eigenvalue weighted by Crippen LogP contribution is -2.04. The Bertz CT molecular complexity index is 1440. The van der Waals surface area contributed by atoms with E-state index < -0.39 is 5.97 Å². The first-order chi connectivity index (χ1) is 25.6. The Balaban J connectivity index is 1.28. The Morgan fingerprint density at radius 1 is 0.481 bits per heavy atom. The van der Waals surface area contributed by atoms with Crippen LogP contribution >= 0.6 is 0 Å². The first-order valence-electron chi connectivity index (χ1n) is 20.3. The normalized spacial score (nSPS) is 11.3. The largest absolute Gasteiger partial charge is 0.494 e. The predicted octanol–water partition coefficient (Wildman–Crippen LogP) is 13.4. The third kappa shape index (κ3) is 19.5. The maximum absolute atomic E-state index is 12.8. The summed E-state index contributed by atoms with van der Waals surface area (Å²) in [6.07, 6.45) is 31.2. The number of carbonyl (C=O) groups excluding carboxylic acids is 2. The van der Waals surface area contributed by atoms with E-state index in [9.17, 15) is 9.59 Å². The van der Waals surface area contributed by atoms with E-state index in [1.54, 1.807) is 36.4 Å².